The lowest BCUT2D eigenvalue weighted by Crippen LogP contribution is -2.14. The molecule has 1 fully saturated rings. The van der Waals surface area contributed by atoms with Crippen LogP contribution in [0.2, 0.25) is 6.04 Å². The Kier molecular flexibility index (Phi) is 5.43. The minimum Gasteiger partial charge on any atom is -0.204 e. The van der Waals surface area contributed by atoms with Crippen LogP contribution < -0.4 is 0 Å². The third-order valence-electron chi connectivity index (χ3n) is 5.18. The molecular formula is C19H24F2Si2. The molecule has 4 heteroatoms. The molecule has 0 amide bonds. The molecule has 1 aliphatic carbocycles. The van der Waals surface area contributed by atoms with Crippen molar-refractivity contribution in [3.05, 3.63) is 59.7 Å². The van der Waals surface area contributed by atoms with Gasteiger partial charge in [0.15, 0.2) is 11.6 Å². The minimum absolute atomic E-state index is 0.329. The molecule has 0 radical (unpaired) electrons. The van der Waals surface area contributed by atoms with E-state index in [1.165, 1.54) is 53.1 Å². The quantitative estimate of drug-likeness (QED) is 0.739. The first-order valence-corrected chi connectivity index (χ1v) is 15.4. The standard InChI is InChI=1S/C19H24F2Si2/c20-18-10-9-17(11-19(18)21)16-7-5-15(6-8-16)14-3-1-13(2-4-14)12-23-22/h5-11,13-14H,1-4,12,23H2,22H3. The highest BCUT2D eigenvalue weighted by Crippen LogP contribution is 2.37. The van der Waals surface area contributed by atoms with Crippen molar-refractivity contribution in [2.45, 2.75) is 37.6 Å². The van der Waals surface area contributed by atoms with E-state index in [1.807, 2.05) is 12.1 Å². The second-order valence-corrected chi connectivity index (χ2v) is 11.3. The average molecular weight is 347 g/mol. The Labute approximate surface area is 142 Å². The van der Waals surface area contributed by atoms with Gasteiger partial charge in [0.05, 0.1) is 0 Å². The maximum atomic E-state index is 13.4. The molecule has 122 valence electrons. The van der Waals surface area contributed by atoms with Gasteiger partial charge in [0.1, 0.15) is 0 Å². The molecule has 0 atom stereocenters. The molecule has 0 bridgehead atoms. The van der Waals surface area contributed by atoms with Crippen LogP contribution in [0.1, 0.15) is 37.2 Å². The summed E-state index contributed by atoms with van der Waals surface area (Å²) in [5, 5.41) is 0. The van der Waals surface area contributed by atoms with E-state index < -0.39 is 11.6 Å². The van der Waals surface area contributed by atoms with Gasteiger partial charge in [-0.15, -0.1) is 0 Å². The van der Waals surface area contributed by atoms with Gasteiger partial charge in [-0.1, -0.05) is 49.2 Å². The maximum Gasteiger partial charge on any atom is 0.159 e. The average Bonchev–Trinajstić information content (AvgIpc) is 2.59. The summed E-state index contributed by atoms with van der Waals surface area (Å²) >= 11 is 0. The minimum atomic E-state index is -0.792. The highest BCUT2D eigenvalue weighted by atomic mass is 29.1. The number of rotatable bonds is 4. The van der Waals surface area contributed by atoms with Crippen LogP contribution in [0.25, 0.3) is 11.1 Å². The van der Waals surface area contributed by atoms with E-state index in [-0.39, 0.29) is 0 Å². The first kappa shape index (κ1) is 16.6. The fourth-order valence-corrected chi connectivity index (χ4v) is 7.66. The Balaban J connectivity index is 1.69. The number of benzene rings is 2. The van der Waals surface area contributed by atoms with Gasteiger partial charge < -0.3 is 0 Å². The molecule has 2 aromatic rings. The van der Waals surface area contributed by atoms with E-state index in [4.69, 9.17) is 0 Å². The largest absolute Gasteiger partial charge is 0.204 e. The van der Waals surface area contributed by atoms with Crippen LogP contribution in [-0.2, 0) is 0 Å². The van der Waals surface area contributed by atoms with Crippen LogP contribution in [0.3, 0.4) is 0 Å². The zero-order chi connectivity index (χ0) is 16.2. The smallest absolute Gasteiger partial charge is 0.159 e. The van der Waals surface area contributed by atoms with Crippen LogP contribution in [0.5, 0.6) is 0 Å². The van der Waals surface area contributed by atoms with Gasteiger partial charge in [-0.2, -0.15) is 0 Å². The summed E-state index contributed by atoms with van der Waals surface area (Å²) in [6.45, 7) is 0. The lowest BCUT2D eigenvalue weighted by atomic mass is 9.79. The summed E-state index contributed by atoms with van der Waals surface area (Å²) in [5.41, 5.74) is 3.08. The van der Waals surface area contributed by atoms with Crippen molar-refractivity contribution in [2.24, 2.45) is 5.92 Å². The van der Waals surface area contributed by atoms with E-state index in [2.05, 4.69) is 12.1 Å². The van der Waals surface area contributed by atoms with Crippen LogP contribution in [0.15, 0.2) is 42.5 Å². The molecule has 0 N–H and O–H groups in total. The van der Waals surface area contributed by atoms with Crippen molar-refractivity contribution in [3.63, 3.8) is 0 Å². The molecule has 23 heavy (non-hydrogen) atoms. The predicted molar refractivity (Wildman–Crippen MR) is 99.8 cm³/mol. The van der Waals surface area contributed by atoms with Crippen LogP contribution >= 0.6 is 0 Å². The monoisotopic (exact) mass is 346 g/mol. The zero-order valence-electron chi connectivity index (χ0n) is 13.7. The van der Waals surface area contributed by atoms with E-state index in [9.17, 15) is 8.78 Å². The topological polar surface area (TPSA) is 0 Å². The van der Waals surface area contributed by atoms with Crippen molar-refractivity contribution < 1.29 is 8.78 Å². The number of hydrogen-bond donors (Lipinski definition) is 0. The summed E-state index contributed by atoms with van der Waals surface area (Å²) in [4.78, 5) is 0. The summed E-state index contributed by atoms with van der Waals surface area (Å²) in [6, 6.07) is 14.1. The Morgan fingerprint density at radius 1 is 0.870 bits per heavy atom. The third kappa shape index (κ3) is 3.98. The summed E-state index contributed by atoms with van der Waals surface area (Å²) in [6.07, 6.45) is 5.41. The van der Waals surface area contributed by atoms with E-state index >= 15 is 0 Å². The number of hydrogen-bond acceptors (Lipinski definition) is 0. The highest BCUT2D eigenvalue weighted by Gasteiger charge is 2.21. The molecule has 2 aromatic carbocycles. The van der Waals surface area contributed by atoms with Crippen molar-refractivity contribution in [2.75, 3.05) is 0 Å². The predicted octanol–water partition coefficient (Wildman–Crippen LogP) is 3.77. The van der Waals surface area contributed by atoms with Gasteiger partial charge in [0.2, 0.25) is 0 Å². The van der Waals surface area contributed by atoms with Crippen molar-refractivity contribution >= 4 is 18.8 Å². The molecule has 1 saturated carbocycles. The fraction of sp³-hybridized carbons (Fsp3) is 0.368. The van der Waals surface area contributed by atoms with Gasteiger partial charge in [0, 0.05) is 9.04 Å². The molecule has 0 heterocycles. The Bertz CT molecular complexity index is 647. The Morgan fingerprint density at radius 3 is 2.13 bits per heavy atom. The van der Waals surface area contributed by atoms with E-state index in [0.29, 0.717) is 15.0 Å². The number of halogens is 2. The Morgan fingerprint density at radius 2 is 1.52 bits per heavy atom. The van der Waals surface area contributed by atoms with Gasteiger partial charge in [-0.05, 0) is 63.3 Å². The van der Waals surface area contributed by atoms with Gasteiger partial charge in [0.25, 0.3) is 0 Å². The summed E-state index contributed by atoms with van der Waals surface area (Å²) < 4.78 is 26.4. The van der Waals surface area contributed by atoms with E-state index in [1.54, 1.807) is 12.1 Å². The lowest BCUT2D eigenvalue weighted by Gasteiger charge is -2.28. The molecule has 0 aliphatic heterocycles. The first-order chi connectivity index (χ1) is 11.2. The van der Waals surface area contributed by atoms with Crippen molar-refractivity contribution in [3.8, 4) is 11.1 Å². The molecular weight excluding hydrogens is 322 g/mol. The van der Waals surface area contributed by atoms with Crippen LogP contribution in [0, 0.1) is 17.6 Å². The molecule has 0 aromatic heterocycles. The van der Waals surface area contributed by atoms with Crippen molar-refractivity contribution in [1.82, 2.24) is 0 Å². The van der Waals surface area contributed by atoms with Crippen molar-refractivity contribution in [1.29, 1.82) is 0 Å². The summed E-state index contributed by atoms with van der Waals surface area (Å²) in [7, 11) is 1.80. The third-order valence-corrected chi connectivity index (χ3v) is 8.30. The SMILES string of the molecule is Fc1ccc(-c2ccc(C3CCC(C[SiH2][SiH3])CC3)cc2)cc1F. The lowest BCUT2D eigenvalue weighted by molar-refractivity contribution is 0.348. The molecule has 0 saturated heterocycles. The molecule has 3 rings (SSSR count). The molecule has 0 spiro atoms. The highest BCUT2D eigenvalue weighted by molar-refractivity contribution is 6.89. The normalized spacial score (nSPS) is 22.0. The Hall–Kier alpha value is -1.27. The second kappa shape index (κ2) is 7.54. The molecule has 1 aliphatic rings. The summed E-state index contributed by atoms with van der Waals surface area (Å²) in [5.74, 6) is 0.116. The maximum absolute atomic E-state index is 13.4. The van der Waals surface area contributed by atoms with Crippen LogP contribution in [0.4, 0.5) is 8.78 Å². The zero-order valence-corrected chi connectivity index (χ0v) is 17.1. The van der Waals surface area contributed by atoms with Gasteiger partial charge in [-0.25, -0.2) is 8.78 Å². The van der Waals surface area contributed by atoms with Gasteiger partial charge in [-0.3, -0.25) is 0 Å². The molecule has 0 unspecified atom stereocenters. The fourth-order valence-electron chi connectivity index (χ4n) is 3.82. The van der Waals surface area contributed by atoms with E-state index in [0.717, 1.165) is 17.0 Å². The van der Waals surface area contributed by atoms with Gasteiger partial charge >= 0.3 is 0 Å². The second-order valence-electron chi connectivity index (χ2n) is 6.76. The molecule has 0 nitrogen and oxygen atoms in total. The van der Waals surface area contributed by atoms with Crippen LogP contribution in [-0.4, -0.2) is 18.8 Å². The first-order valence-electron chi connectivity index (χ1n) is 8.72.